The molecule has 4 rings (SSSR count). The number of aryl methyl sites for hydroxylation is 1. The Kier molecular flexibility index (Phi) is 6.06. The Balaban J connectivity index is 0.00000124. The van der Waals surface area contributed by atoms with Crippen molar-refractivity contribution in [2.24, 2.45) is 4.99 Å². The lowest BCUT2D eigenvalue weighted by molar-refractivity contribution is -0.137. The maximum Gasteiger partial charge on any atom is 0.416 e. The predicted octanol–water partition coefficient (Wildman–Crippen LogP) is 6.84. The van der Waals surface area contributed by atoms with Gasteiger partial charge in [0, 0.05) is 11.3 Å². The largest absolute Gasteiger partial charge is 0.416 e. The number of rotatable bonds is 2. The molecule has 0 atom stereocenters. The monoisotopic (exact) mass is 410 g/mol. The number of hydrogen-bond donors (Lipinski definition) is 0. The molecule has 0 unspecified atom stereocenters. The number of carbonyl (C=O) groups excluding carboxylic acids is 1. The van der Waals surface area contributed by atoms with Crippen molar-refractivity contribution in [1.82, 2.24) is 0 Å². The molecule has 0 saturated heterocycles. The van der Waals surface area contributed by atoms with Gasteiger partial charge in [-0.15, -0.1) is 0 Å². The lowest BCUT2D eigenvalue weighted by Crippen LogP contribution is -2.25. The van der Waals surface area contributed by atoms with Crippen molar-refractivity contribution >= 4 is 28.7 Å². The van der Waals surface area contributed by atoms with Crippen LogP contribution < -0.4 is 4.90 Å². The molecule has 3 aromatic carbocycles. The first-order valence-corrected chi connectivity index (χ1v) is 9.62. The molecule has 0 aliphatic carbocycles. The van der Waals surface area contributed by atoms with Crippen LogP contribution in [0.5, 0.6) is 0 Å². The van der Waals surface area contributed by atoms with Crippen LogP contribution in [0.3, 0.4) is 0 Å². The van der Waals surface area contributed by atoms with Crippen molar-refractivity contribution in [2.75, 3.05) is 4.90 Å². The average Bonchev–Trinajstić information content (AvgIpc) is 3.02. The summed E-state index contributed by atoms with van der Waals surface area (Å²) in [7, 11) is 0. The lowest BCUT2D eigenvalue weighted by Gasteiger charge is -2.16. The molecule has 1 aliphatic rings. The van der Waals surface area contributed by atoms with E-state index in [1.165, 1.54) is 11.0 Å². The van der Waals surface area contributed by atoms with Gasteiger partial charge in [-0.05, 0) is 42.8 Å². The molecule has 3 nitrogen and oxygen atoms in total. The third-order valence-electron chi connectivity index (χ3n) is 4.59. The zero-order valence-electron chi connectivity index (χ0n) is 16.9. The highest BCUT2D eigenvalue weighted by Crippen LogP contribution is 2.38. The molecule has 0 aromatic heterocycles. The summed E-state index contributed by atoms with van der Waals surface area (Å²) in [5, 5.41) is 0. The predicted molar refractivity (Wildman–Crippen MR) is 114 cm³/mol. The molecule has 1 amide bonds. The number of halogens is 3. The van der Waals surface area contributed by atoms with Gasteiger partial charge >= 0.3 is 6.18 Å². The zero-order valence-corrected chi connectivity index (χ0v) is 16.9. The quantitative estimate of drug-likeness (QED) is 0.455. The summed E-state index contributed by atoms with van der Waals surface area (Å²) in [4.78, 5) is 19.0. The molecule has 0 N–H and O–H groups in total. The van der Waals surface area contributed by atoms with Crippen molar-refractivity contribution in [3.63, 3.8) is 0 Å². The Labute approximate surface area is 173 Å². The van der Waals surface area contributed by atoms with Crippen LogP contribution in [-0.2, 0) is 11.0 Å². The van der Waals surface area contributed by atoms with Crippen LogP contribution in [0, 0.1) is 6.92 Å². The van der Waals surface area contributed by atoms with Gasteiger partial charge in [0.2, 0.25) is 0 Å². The second-order valence-corrected chi connectivity index (χ2v) is 6.45. The van der Waals surface area contributed by atoms with Gasteiger partial charge < -0.3 is 0 Å². The van der Waals surface area contributed by atoms with Crippen LogP contribution in [0.15, 0.2) is 77.8 Å². The third-order valence-corrected chi connectivity index (χ3v) is 4.59. The third kappa shape index (κ3) is 3.99. The second-order valence-electron chi connectivity index (χ2n) is 6.45. The Morgan fingerprint density at radius 3 is 2.17 bits per heavy atom. The van der Waals surface area contributed by atoms with Crippen LogP contribution >= 0.6 is 0 Å². The first-order valence-electron chi connectivity index (χ1n) is 9.62. The molecule has 30 heavy (non-hydrogen) atoms. The van der Waals surface area contributed by atoms with Gasteiger partial charge in [-0.3, -0.25) is 9.69 Å². The van der Waals surface area contributed by atoms with E-state index in [4.69, 9.17) is 0 Å². The van der Waals surface area contributed by atoms with Gasteiger partial charge in [-0.25, -0.2) is 4.99 Å². The summed E-state index contributed by atoms with van der Waals surface area (Å²) in [5.41, 5.74) is 1.94. The number of aliphatic imine (C=N–C) groups is 1. The minimum absolute atomic E-state index is 0.127. The summed E-state index contributed by atoms with van der Waals surface area (Å²) in [6, 6.07) is 19.5. The fraction of sp³-hybridized carbons (Fsp3) is 0.167. The SMILES string of the molecule is CC.Cc1ccc(C(F)(F)F)cc1N=C1C(=O)N(c2ccccc2)c2ccccc21. The van der Waals surface area contributed by atoms with Crippen LogP contribution in [0.1, 0.15) is 30.5 Å². The normalized spacial score (nSPS) is 14.4. The van der Waals surface area contributed by atoms with Gasteiger partial charge in [0.1, 0.15) is 5.71 Å². The van der Waals surface area contributed by atoms with Gasteiger partial charge in [0.15, 0.2) is 0 Å². The summed E-state index contributed by atoms with van der Waals surface area (Å²) >= 11 is 0. The number of alkyl halides is 3. The molecule has 1 heterocycles. The molecule has 154 valence electrons. The zero-order chi connectivity index (χ0) is 21.9. The standard InChI is InChI=1S/C22H15F3N2O.C2H6/c1-14-11-12-15(22(23,24)25)13-18(14)26-20-17-9-5-6-10-19(17)27(21(20)28)16-7-3-2-4-8-16;1-2/h2-13H,1H3;1-2H3. The van der Waals surface area contributed by atoms with Gasteiger partial charge in [0.05, 0.1) is 16.9 Å². The van der Waals surface area contributed by atoms with Crippen LogP contribution in [0.2, 0.25) is 0 Å². The van der Waals surface area contributed by atoms with Crippen molar-refractivity contribution in [3.8, 4) is 0 Å². The Hall–Kier alpha value is -3.41. The van der Waals surface area contributed by atoms with E-state index in [9.17, 15) is 18.0 Å². The number of para-hydroxylation sites is 2. The molecule has 6 heteroatoms. The maximum absolute atomic E-state index is 13.1. The Bertz CT molecular complexity index is 1090. The Morgan fingerprint density at radius 1 is 0.867 bits per heavy atom. The average molecular weight is 410 g/mol. The van der Waals surface area contributed by atoms with Gasteiger partial charge in [-0.1, -0.05) is 56.3 Å². The number of benzene rings is 3. The maximum atomic E-state index is 13.1. The number of hydrogen-bond acceptors (Lipinski definition) is 2. The molecule has 0 saturated carbocycles. The van der Waals surface area contributed by atoms with E-state index >= 15 is 0 Å². The van der Waals surface area contributed by atoms with Crippen molar-refractivity contribution in [2.45, 2.75) is 26.9 Å². The molecular weight excluding hydrogens is 389 g/mol. The molecule has 3 aromatic rings. The smallest absolute Gasteiger partial charge is 0.275 e. The van der Waals surface area contributed by atoms with E-state index < -0.39 is 11.7 Å². The summed E-state index contributed by atoms with van der Waals surface area (Å²) < 4.78 is 39.3. The van der Waals surface area contributed by atoms with E-state index in [-0.39, 0.29) is 17.3 Å². The molecule has 0 bridgehead atoms. The molecule has 0 fully saturated rings. The van der Waals surface area contributed by atoms with Gasteiger partial charge in [-0.2, -0.15) is 13.2 Å². The van der Waals surface area contributed by atoms with Crippen molar-refractivity contribution < 1.29 is 18.0 Å². The summed E-state index contributed by atoms with van der Waals surface area (Å²) in [6.07, 6.45) is -4.48. The minimum atomic E-state index is -4.48. The lowest BCUT2D eigenvalue weighted by atomic mass is 10.1. The first-order chi connectivity index (χ1) is 14.4. The molecule has 1 aliphatic heterocycles. The van der Waals surface area contributed by atoms with Crippen LogP contribution in [0.25, 0.3) is 0 Å². The molecular formula is C24H21F3N2O. The van der Waals surface area contributed by atoms with Crippen LogP contribution in [0.4, 0.5) is 30.2 Å². The number of fused-ring (bicyclic) bond motifs is 1. The van der Waals surface area contributed by atoms with E-state index in [1.54, 1.807) is 43.3 Å². The minimum Gasteiger partial charge on any atom is -0.275 e. The van der Waals surface area contributed by atoms with Crippen molar-refractivity contribution in [1.29, 1.82) is 0 Å². The van der Waals surface area contributed by atoms with E-state index in [0.29, 0.717) is 22.5 Å². The highest BCUT2D eigenvalue weighted by Gasteiger charge is 2.35. The first kappa shape index (κ1) is 21.3. The summed E-state index contributed by atoms with van der Waals surface area (Å²) in [5.74, 6) is -0.371. The molecule has 0 spiro atoms. The number of amides is 1. The topological polar surface area (TPSA) is 32.7 Å². The second kappa shape index (κ2) is 8.53. The highest BCUT2D eigenvalue weighted by atomic mass is 19.4. The van der Waals surface area contributed by atoms with Crippen LogP contribution in [-0.4, -0.2) is 11.6 Å². The highest BCUT2D eigenvalue weighted by molar-refractivity contribution is 6.56. The fourth-order valence-electron chi connectivity index (χ4n) is 3.17. The van der Waals surface area contributed by atoms with E-state index in [1.807, 2.05) is 32.0 Å². The summed E-state index contributed by atoms with van der Waals surface area (Å²) in [6.45, 7) is 5.67. The van der Waals surface area contributed by atoms with E-state index in [2.05, 4.69) is 4.99 Å². The Morgan fingerprint density at radius 2 is 1.50 bits per heavy atom. The van der Waals surface area contributed by atoms with E-state index in [0.717, 1.165) is 12.1 Å². The number of anilines is 2. The van der Waals surface area contributed by atoms with Gasteiger partial charge in [0.25, 0.3) is 5.91 Å². The number of carbonyl (C=O) groups is 1. The molecule has 0 radical (unpaired) electrons. The van der Waals surface area contributed by atoms with Crippen molar-refractivity contribution in [3.05, 3.63) is 89.5 Å². The number of nitrogens with zero attached hydrogens (tertiary/aromatic N) is 2. The fourth-order valence-corrected chi connectivity index (χ4v) is 3.17.